The van der Waals surface area contributed by atoms with Gasteiger partial charge in [0.05, 0.1) is 41.1 Å². The summed E-state index contributed by atoms with van der Waals surface area (Å²) in [6.45, 7) is 2.28. The summed E-state index contributed by atoms with van der Waals surface area (Å²) in [6, 6.07) is 5.02. The van der Waals surface area contributed by atoms with Gasteiger partial charge in [-0.3, -0.25) is 14.8 Å². The minimum Gasteiger partial charge on any atom is -0.397 e. The van der Waals surface area contributed by atoms with Crippen molar-refractivity contribution < 1.29 is 4.79 Å². The van der Waals surface area contributed by atoms with Gasteiger partial charge in [0.1, 0.15) is 0 Å². The summed E-state index contributed by atoms with van der Waals surface area (Å²) in [7, 11) is 0. The highest BCUT2D eigenvalue weighted by Gasteiger charge is 2.10. The highest BCUT2D eigenvalue weighted by Crippen LogP contribution is 2.23. The number of aryl methyl sites for hydroxylation is 1. The van der Waals surface area contributed by atoms with Gasteiger partial charge in [0.15, 0.2) is 0 Å². The Morgan fingerprint density at radius 1 is 1.32 bits per heavy atom. The van der Waals surface area contributed by atoms with Crippen LogP contribution in [0, 0.1) is 6.92 Å². The van der Waals surface area contributed by atoms with Crippen LogP contribution in [0.1, 0.15) is 21.7 Å². The molecule has 0 bridgehead atoms. The van der Waals surface area contributed by atoms with Crippen LogP contribution in [-0.2, 0) is 6.54 Å². The molecule has 1 amide bonds. The van der Waals surface area contributed by atoms with E-state index in [0.717, 1.165) is 11.4 Å². The number of anilines is 2. The average molecular weight is 257 g/mol. The van der Waals surface area contributed by atoms with E-state index in [1.165, 1.54) is 0 Å². The Hall–Kier alpha value is -2.63. The normalized spacial score (nSPS) is 10.2. The monoisotopic (exact) mass is 257 g/mol. The van der Waals surface area contributed by atoms with Crippen LogP contribution in [0.15, 0.2) is 30.6 Å². The standard InChI is InChI=1S/C13H15N5O/c1-8-5-17-9(6-16-8)7-18-12-10(13(15)19)3-2-4-11(12)14/h2-6,18H,7,14H2,1H3,(H2,15,19). The van der Waals surface area contributed by atoms with E-state index in [1.807, 2.05) is 6.92 Å². The molecule has 0 aliphatic heterocycles. The summed E-state index contributed by atoms with van der Waals surface area (Å²) in [6.07, 6.45) is 3.35. The van der Waals surface area contributed by atoms with Gasteiger partial charge in [-0.25, -0.2) is 0 Å². The summed E-state index contributed by atoms with van der Waals surface area (Å²) in [4.78, 5) is 19.7. The number of carbonyl (C=O) groups is 1. The first kappa shape index (κ1) is 12.8. The van der Waals surface area contributed by atoms with Crippen LogP contribution in [0.25, 0.3) is 0 Å². The van der Waals surface area contributed by atoms with E-state index in [1.54, 1.807) is 30.6 Å². The van der Waals surface area contributed by atoms with Gasteiger partial charge < -0.3 is 16.8 Å². The lowest BCUT2D eigenvalue weighted by molar-refractivity contribution is 0.100. The number of nitrogens with one attached hydrogen (secondary N) is 1. The first-order valence-corrected chi connectivity index (χ1v) is 5.77. The number of hydrogen-bond donors (Lipinski definition) is 3. The minimum absolute atomic E-state index is 0.361. The van der Waals surface area contributed by atoms with Gasteiger partial charge in [0.2, 0.25) is 0 Å². The molecule has 5 N–H and O–H groups in total. The van der Waals surface area contributed by atoms with Gasteiger partial charge in [-0.1, -0.05) is 6.07 Å². The third kappa shape index (κ3) is 2.98. The molecule has 0 aliphatic carbocycles. The van der Waals surface area contributed by atoms with Crippen molar-refractivity contribution in [1.82, 2.24) is 9.97 Å². The molecule has 6 nitrogen and oxygen atoms in total. The van der Waals surface area contributed by atoms with Gasteiger partial charge >= 0.3 is 0 Å². The Morgan fingerprint density at radius 3 is 2.74 bits per heavy atom. The molecule has 0 atom stereocenters. The van der Waals surface area contributed by atoms with Crippen molar-refractivity contribution in [2.24, 2.45) is 5.73 Å². The van der Waals surface area contributed by atoms with Crippen molar-refractivity contribution in [2.45, 2.75) is 13.5 Å². The molecule has 0 radical (unpaired) electrons. The van der Waals surface area contributed by atoms with E-state index < -0.39 is 5.91 Å². The third-order valence-electron chi connectivity index (χ3n) is 2.64. The lowest BCUT2D eigenvalue weighted by atomic mass is 10.1. The second-order valence-corrected chi connectivity index (χ2v) is 4.14. The maximum atomic E-state index is 11.3. The lowest BCUT2D eigenvalue weighted by Gasteiger charge is -2.12. The zero-order chi connectivity index (χ0) is 13.8. The second kappa shape index (κ2) is 5.34. The summed E-state index contributed by atoms with van der Waals surface area (Å²) in [5.74, 6) is -0.523. The number of rotatable bonds is 4. The molecule has 6 heteroatoms. The number of nitrogens with zero attached hydrogens (tertiary/aromatic N) is 2. The predicted octanol–water partition coefficient (Wildman–Crippen LogP) is 1.08. The molecule has 0 saturated heterocycles. The van der Waals surface area contributed by atoms with Crippen LogP contribution in [0.5, 0.6) is 0 Å². The molecule has 1 aromatic carbocycles. The number of primary amides is 1. The first-order chi connectivity index (χ1) is 9.08. The fourth-order valence-electron chi connectivity index (χ4n) is 1.66. The molecular weight excluding hydrogens is 242 g/mol. The van der Waals surface area contributed by atoms with Crippen LogP contribution in [-0.4, -0.2) is 15.9 Å². The maximum absolute atomic E-state index is 11.3. The number of amides is 1. The predicted molar refractivity (Wildman–Crippen MR) is 73.5 cm³/mol. The molecule has 0 saturated carbocycles. The van der Waals surface area contributed by atoms with Crippen molar-refractivity contribution >= 4 is 17.3 Å². The van der Waals surface area contributed by atoms with Gasteiger partial charge in [-0.15, -0.1) is 0 Å². The van der Waals surface area contributed by atoms with Gasteiger partial charge in [-0.05, 0) is 19.1 Å². The van der Waals surface area contributed by atoms with Crippen LogP contribution < -0.4 is 16.8 Å². The van der Waals surface area contributed by atoms with Crippen LogP contribution in [0.2, 0.25) is 0 Å². The Kier molecular flexibility index (Phi) is 3.61. The molecule has 2 aromatic rings. The van der Waals surface area contributed by atoms with E-state index in [0.29, 0.717) is 23.5 Å². The number of aromatic nitrogens is 2. The van der Waals surface area contributed by atoms with E-state index in [9.17, 15) is 4.79 Å². The molecule has 2 rings (SSSR count). The molecule has 0 unspecified atom stereocenters. The highest BCUT2D eigenvalue weighted by molar-refractivity contribution is 6.01. The van der Waals surface area contributed by atoms with Crippen molar-refractivity contribution in [3.8, 4) is 0 Å². The summed E-state index contributed by atoms with van der Waals surface area (Å²) < 4.78 is 0. The van der Waals surface area contributed by atoms with Crippen molar-refractivity contribution in [3.63, 3.8) is 0 Å². The number of hydrogen-bond acceptors (Lipinski definition) is 5. The minimum atomic E-state index is -0.523. The zero-order valence-corrected chi connectivity index (χ0v) is 10.6. The quantitative estimate of drug-likeness (QED) is 0.710. The van der Waals surface area contributed by atoms with Gasteiger partial charge in [0, 0.05) is 6.20 Å². The molecule has 19 heavy (non-hydrogen) atoms. The number of benzene rings is 1. The van der Waals surface area contributed by atoms with Crippen molar-refractivity contribution in [1.29, 1.82) is 0 Å². The number of carbonyl (C=O) groups excluding carboxylic acids is 1. The Bertz CT molecular complexity index is 594. The largest absolute Gasteiger partial charge is 0.397 e. The fourth-order valence-corrected chi connectivity index (χ4v) is 1.66. The SMILES string of the molecule is Cc1cnc(CNc2c(N)cccc2C(N)=O)cn1. The molecule has 0 aliphatic rings. The smallest absolute Gasteiger partial charge is 0.250 e. The second-order valence-electron chi connectivity index (χ2n) is 4.14. The molecule has 0 spiro atoms. The first-order valence-electron chi connectivity index (χ1n) is 5.77. The van der Waals surface area contributed by atoms with Crippen molar-refractivity contribution in [2.75, 3.05) is 11.1 Å². The van der Waals surface area contributed by atoms with Crippen molar-refractivity contribution in [3.05, 3.63) is 47.5 Å². The van der Waals surface area contributed by atoms with Crippen LogP contribution in [0.4, 0.5) is 11.4 Å². The van der Waals surface area contributed by atoms with Gasteiger partial charge in [-0.2, -0.15) is 0 Å². The zero-order valence-electron chi connectivity index (χ0n) is 10.6. The lowest BCUT2D eigenvalue weighted by Crippen LogP contribution is -2.16. The van der Waals surface area contributed by atoms with E-state index in [-0.39, 0.29) is 0 Å². The molecule has 1 heterocycles. The highest BCUT2D eigenvalue weighted by atomic mass is 16.1. The average Bonchev–Trinajstić information content (AvgIpc) is 2.39. The van der Waals surface area contributed by atoms with Crippen LogP contribution >= 0.6 is 0 Å². The topological polar surface area (TPSA) is 107 Å². The van der Waals surface area contributed by atoms with E-state index in [4.69, 9.17) is 11.5 Å². The number of nitrogen functional groups attached to an aromatic ring is 1. The molecular formula is C13H15N5O. The summed E-state index contributed by atoms with van der Waals surface area (Å²) in [5, 5.41) is 3.07. The summed E-state index contributed by atoms with van der Waals surface area (Å²) >= 11 is 0. The summed E-state index contributed by atoms with van der Waals surface area (Å²) in [5.41, 5.74) is 14.1. The Balaban J connectivity index is 2.19. The van der Waals surface area contributed by atoms with E-state index in [2.05, 4.69) is 15.3 Å². The van der Waals surface area contributed by atoms with E-state index >= 15 is 0 Å². The maximum Gasteiger partial charge on any atom is 0.250 e. The Labute approximate surface area is 110 Å². The Morgan fingerprint density at radius 2 is 2.11 bits per heavy atom. The third-order valence-corrected chi connectivity index (χ3v) is 2.64. The van der Waals surface area contributed by atoms with Gasteiger partial charge in [0.25, 0.3) is 5.91 Å². The molecule has 98 valence electrons. The van der Waals surface area contributed by atoms with Crippen LogP contribution in [0.3, 0.4) is 0 Å². The fraction of sp³-hybridized carbons (Fsp3) is 0.154. The molecule has 0 fully saturated rings. The molecule has 1 aromatic heterocycles. The number of nitrogens with two attached hydrogens (primary N) is 2. The number of para-hydroxylation sites is 1.